The first kappa shape index (κ1) is 20.3. The molecule has 0 aliphatic rings. The highest BCUT2D eigenvalue weighted by Crippen LogP contribution is 2.32. The molecule has 0 bridgehead atoms. The van der Waals surface area contributed by atoms with Crippen LogP contribution in [0.3, 0.4) is 0 Å². The molecule has 0 fully saturated rings. The van der Waals surface area contributed by atoms with Gasteiger partial charge in [-0.3, -0.25) is 14.4 Å². The van der Waals surface area contributed by atoms with E-state index >= 15 is 0 Å². The lowest BCUT2D eigenvalue weighted by Gasteiger charge is -2.22. The number of hydrogen-bond acceptors (Lipinski definition) is 9. The number of carbonyl (C=O) groups excluding carboxylic acids is 1. The maximum absolute atomic E-state index is 12.3. The van der Waals surface area contributed by atoms with Crippen molar-refractivity contribution < 1.29 is 22.7 Å². The number of hydrogen-bond donors (Lipinski definition) is 1. The Morgan fingerprint density at radius 2 is 1.96 bits per heavy atom. The largest absolute Gasteiger partial charge is 0.493 e. The van der Waals surface area contributed by atoms with Crippen molar-refractivity contribution >= 4 is 49.8 Å². The lowest BCUT2D eigenvalue weighted by molar-refractivity contribution is -0.114. The van der Waals surface area contributed by atoms with Crippen LogP contribution in [0.15, 0.2) is 22.5 Å². The molecule has 26 heavy (non-hydrogen) atoms. The molecule has 0 saturated heterocycles. The lowest BCUT2D eigenvalue weighted by Crippen LogP contribution is -2.37. The van der Waals surface area contributed by atoms with Gasteiger partial charge in [0.1, 0.15) is 6.54 Å². The molecular weight excluding hydrogens is 400 g/mol. The molecule has 0 radical (unpaired) electrons. The number of anilines is 2. The monoisotopic (exact) mass is 418 g/mol. The van der Waals surface area contributed by atoms with E-state index in [4.69, 9.17) is 9.47 Å². The minimum absolute atomic E-state index is 0.280. The molecule has 142 valence electrons. The molecule has 2 rings (SSSR count). The molecule has 0 aliphatic heterocycles. The Kier molecular flexibility index (Phi) is 6.67. The summed E-state index contributed by atoms with van der Waals surface area (Å²) >= 11 is 2.61. The number of aromatic nitrogens is 2. The summed E-state index contributed by atoms with van der Waals surface area (Å²) in [5.41, 5.74) is 0.280. The number of thioether (sulfide) groups is 1. The third kappa shape index (κ3) is 4.99. The van der Waals surface area contributed by atoms with Crippen LogP contribution in [0.4, 0.5) is 10.8 Å². The number of nitrogens with zero attached hydrogens (tertiary/aromatic N) is 3. The first-order valence-corrected chi connectivity index (χ1v) is 11.0. The molecule has 9 nitrogen and oxygen atoms in total. The van der Waals surface area contributed by atoms with E-state index < -0.39 is 22.5 Å². The van der Waals surface area contributed by atoms with Crippen LogP contribution < -0.4 is 19.1 Å². The SMILES string of the molecule is COc1ccc(N(CC(=O)Nc2nnc(SC)s2)S(C)(=O)=O)cc1OC. The second kappa shape index (κ2) is 8.56. The highest BCUT2D eigenvalue weighted by atomic mass is 32.2. The average Bonchev–Trinajstić information content (AvgIpc) is 3.05. The summed E-state index contributed by atoms with van der Waals surface area (Å²) in [7, 11) is -0.791. The van der Waals surface area contributed by atoms with Crippen molar-refractivity contribution in [1.29, 1.82) is 0 Å². The van der Waals surface area contributed by atoms with Gasteiger partial charge in [-0.2, -0.15) is 0 Å². The number of ether oxygens (including phenoxy) is 2. The number of benzene rings is 1. The third-order valence-electron chi connectivity index (χ3n) is 3.17. The van der Waals surface area contributed by atoms with Gasteiger partial charge in [-0.25, -0.2) is 8.42 Å². The summed E-state index contributed by atoms with van der Waals surface area (Å²) in [6.07, 6.45) is 2.86. The molecule has 0 spiro atoms. The van der Waals surface area contributed by atoms with Crippen LogP contribution in [0.1, 0.15) is 0 Å². The Hall–Kier alpha value is -2.05. The van der Waals surface area contributed by atoms with E-state index in [9.17, 15) is 13.2 Å². The standard InChI is InChI=1S/C14H18N4O5S3/c1-22-10-6-5-9(7-11(10)23-2)18(26(4,20)21)8-12(19)15-13-16-17-14(24-3)25-13/h5-7H,8H2,1-4H3,(H,15,16,19). The van der Waals surface area contributed by atoms with E-state index in [0.717, 1.165) is 10.6 Å². The van der Waals surface area contributed by atoms with Gasteiger partial charge in [0.2, 0.25) is 21.1 Å². The fourth-order valence-corrected chi connectivity index (χ4v) is 4.05. The highest BCUT2D eigenvalue weighted by Gasteiger charge is 2.23. The van der Waals surface area contributed by atoms with Crippen LogP contribution in [0, 0.1) is 0 Å². The maximum Gasteiger partial charge on any atom is 0.246 e. The fourth-order valence-electron chi connectivity index (χ4n) is 2.01. The number of nitrogens with one attached hydrogen (secondary N) is 1. The number of amides is 1. The summed E-state index contributed by atoms with van der Waals surface area (Å²) in [5.74, 6) is 0.273. The van der Waals surface area contributed by atoms with Crippen molar-refractivity contribution in [2.75, 3.05) is 42.9 Å². The van der Waals surface area contributed by atoms with Gasteiger partial charge < -0.3 is 9.47 Å². The molecule has 0 atom stereocenters. The first-order chi connectivity index (χ1) is 12.3. The van der Waals surface area contributed by atoms with Gasteiger partial charge in [0.05, 0.1) is 26.2 Å². The Morgan fingerprint density at radius 3 is 2.50 bits per heavy atom. The smallest absolute Gasteiger partial charge is 0.246 e. The van der Waals surface area contributed by atoms with Gasteiger partial charge in [-0.05, 0) is 18.4 Å². The topological polar surface area (TPSA) is 111 Å². The summed E-state index contributed by atoms with van der Waals surface area (Å²) in [6, 6.07) is 4.59. The van der Waals surface area contributed by atoms with Gasteiger partial charge in [-0.15, -0.1) is 10.2 Å². The van der Waals surface area contributed by atoms with Crippen molar-refractivity contribution in [2.24, 2.45) is 0 Å². The van der Waals surface area contributed by atoms with Crippen molar-refractivity contribution in [1.82, 2.24) is 10.2 Å². The van der Waals surface area contributed by atoms with Gasteiger partial charge >= 0.3 is 0 Å². The normalized spacial score (nSPS) is 11.1. The zero-order valence-corrected chi connectivity index (χ0v) is 17.0. The second-order valence-corrected chi connectivity index (χ2v) is 8.87. The first-order valence-electron chi connectivity index (χ1n) is 7.15. The van der Waals surface area contributed by atoms with E-state index in [1.165, 1.54) is 49.5 Å². The number of rotatable bonds is 8. The van der Waals surface area contributed by atoms with Gasteiger partial charge in [0, 0.05) is 6.07 Å². The predicted octanol–water partition coefficient (Wildman–Crippen LogP) is 1.68. The molecule has 0 unspecified atom stereocenters. The second-order valence-electron chi connectivity index (χ2n) is 4.93. The molecule has 0 aliphatic carbocycles. The number of sulfonamides is 1. The van der Waals surface area contributed by atoms with E-state index in [2.05, 4.69) is 15.5 Å². The van der Waals surface area contributed by atoms with E-state index in [1.54, 1.807) is 6.07 Å². The summed E-state index contributed by atoms with van der Waals surface area (Å²) in [6.45, 7) is -0.414. The molecule has 0 saturated carbocycles. The molecule has 2 aromatic rings. The van der Waals surface area contributed by atoms with Crippen LogP contribution in [-0.4, -0.2) is 57.8 Å². The summed E-state index contributed by atoms with van der Waals surface area (Å²) in [4.78, 5) is 12.3. The summed E-state index contributed by atoms with van der Waals surface area (Å²) in [5, 5.41) is 10.6. The molecular formula is C14H18N4O5S3. The van der Waals surface area contributed by atoms with Crippen LogP contribution in [-0.2, 0) is 14.8 Å². The van der Waals surface area contributed by atoms with E-state index in [1.807, 2.05) is 6.26 Å². The molecule has 1 N–H and O–H groups in total. The maximum atomic E-state index is 12.3. The van der Waals surface area contributed by atoms with Crippen LogP contribution in [0.5, 0.6) is 11.5 Å². The third-order valence-corrected chi connectivity index (χ3v) is 6.12. The van der Waals surface area contributed by atoms with E-state index in [0.29, 0.717) is 21.0 Å². The molecule has 1 heterocycles. The minimum atomic E-state index is -3.71. The Morgan fingerprint density at radius 1 is 1.27 bits per heavy atom. The van der Waals surface area contributed by atoms with Crippen molar-refractivity contribution in [3.63, 3.8) is 0 Å². The molecule has 1 aromatic heterocycles. The molecule has 12 heteroatoms. The predicted molar refractivity (Wildman–Crippen MR) is 102 cm³/mol. The van der Waals surface area contributed by atoms with Crippen molar-refractivity contribution in [3.05, 3.63) is 18.2 Å². The molecule has 1 aromatic carbocycles. The molecule has 1 amide bonds. The van der Waals surface area contributed by atoms with E-state index in [-0.39, 0.29) is 5.69 Å². The quantitative estimate of drug-likeness (QED) is 0.509. The Labute approximate surface area is 159 Å². The lowest BCUT2D eigenvalue weighted by atomic mass is 10.2. The average molecular weight is 419 g/mol. The number of methoxy groups -OCH3 is 2. The van der Waals surface area contributed by atoms with Crippen LogP contribution in [0.25, 0.3) is 0 Å². The van der Waals surface area contributed by atoms with Crippen LogP contribution >= 0.6 is 23.1 Å². The van der Waals surface area contributed by atoms with Gasteiger partial charge in [-0.1, -0.05) is 23.1 Å². The minimum Gasteiger partial charge on any atom is -0.493 e. The Bertz CT molecular complexity index is 884. The zero-order valence-electron chi connectivity index (χ0n) is 14.5. The Balaban J connectivity index is 2.24. The summed E-state index contributed by atoms with van der Waals surface area (Å²) < 4.78 is 36.3. The zero-order chi connectivity index (χ0) is 19.3. The van der Waals surface area contributed by atoms with Crippen LogP contribution in [0.2, 0.25) is 0 Å². The number of carbonyl (C=O) groups is 1. The fraction of sp³-hybridized carbons (Fsp3) is 0.357. The highest BCUT2D eigenvalue weighted by molar-refractivity contribution is 8.00. The van der Waals surface area contributed by atoms with Crippen molar-refractivity contribution in [2.45, 2.75) is 4.34 Å². The van der Waals surface area contributed by atoms with Crippen molar-refractivity contribution in [3.8, 4) is 11.5 Å². The van der Waals surface area contributed by atoms with Gasteiger partial charge in [0.15, 0.2) is 15.8 Å². The van der Waals surface area contributed by atoms with Gasteiger partial charge in [0.25, 0.3) is 0 Å².